The highest BCUT2D eigenvalue weighted by Crippen LogP contribution is 2.23. The van der Waals surface area contributed by atoms with Gasteiger partial charge in [-0.05, 0) is 37.5 Å². The number of benzene rings is 1. The summed E-state index contributed by atoms with van der Waals surface area (Å²) in [6.45, 7) is 7.97. The van der Waals surface area contributed by atoms with Crippen molar-refractivity contribution in [1.82, 2.24) is 5.32 Å². The van der Waals surface area contributed by atoms with Gasteiger partial charge in [0.25, 0.3) is 0 Å². The average Bonchev–Trinajstić information content (AvgIpc) is 2.40. The van der Waals surface area contributed by atoms with Crippen molar-refractivity contribution in [2.45, 2.75) is 38.5 Å². The van der Waals surface area contributed by atoms with Crippen LogP contribution in [0, 0.1) is 0 Å². The van der Waals surface area contributed by atoms with Crippen LogP contribution in [-0.4, -0.2) is 25.4 Å². The molecular formula is C16H23NO2. The highest BCUT2D eigenvalue weighted by molar-refractivity contribution is 5.27. The summed E-state index contributed by atoms with van der Waals surface area (Å²) in [5.41, 5.74) is 1.28. The quantitative estimate of drug-likeness (QED) is 0.730. The van der Waals surface area contributed by atoms with E-state index in [1.54, 1.807) is 6.08 Å². The number of nitrogens with one attached hydrogen (secondary N) is 1. The first-order chi connectivity index (χ1) is 9.31. The first-order valence-corrected chi connectivity index (χ1v) is 6.99. The van der Waals surface area contributed by atoms with Crippen LogP contribution in [0.1, 0.15) is 25.3 Å². The highest BCUT2D eigenvalue weighted by Gasteiger charge is 2.28. The fourth-order valence-electron chi connectivity index (χ4n) is 2.22. The Morgan fingerprint density at radius 3 is 2.68 bits per heavy atom. The molecule has 0 aliphatic heterocycles. The Morgan fingerprint density at radius 1 is 1.32 bits per heavy atom. The Hall–Kier alpha value is -1.32. The van der Waals surface area contributed by atoms with Crippen molar-refractivity contribution < 1.29 is 9.47 Å². The lowest BCUT2D eigenvalue weighted by molar-refractivity contribution is -0.0102. The third kappa shape index (κ3) is 4.37. The van der Waals surface area contributed by atoms with Crippen LogP contribution in [0.4, 0.5) is 0 Å². The average molecular weight is 261 g/mol. The Labute approximate surface area is 115 Å². The minimum Gasteiger partial charge on any atom is -0.490 e. The zero-order valence-electron chi connectivity index (χ0n) is 11.6. The van der Waals surface area contributed by atoms with E-state index in [0.717, 1.165) is 31.7 Å². The fraction of sp³-hybridized carbons (Fsp3) is 0.500. The second-order valence-electron chi connectivity index (χ2n) is 4.87. The summed E-state index contributed by atoms with van der Waals surface area (Å²) in [6.07, 6.45) is 4.49. The van der Waals surface area contributed by atoms with Gasteiger partial charge in [0.1, 0.15) is 12.4 Å². The predicted octanol–water partition coefficient (Wildman–Crippen LogP) is 2.91. The molecule has 1 saturated carbocycles. The van der Waals surface area contributed by atoms with E-state index in [4.69, 9.17) is 9.47 Å². The molecule has 0 unspecified atom stereocenters. The molecule has 0 amide bonds. The van der Waals surface area contributed by atoms with Crippen LogP contribution in [0.15, 0.2) is 36.9 Å². The maximum Gasteiger partial charge on any atom is 0.119 e. The van der Waals surface area contributed by atoms with Gasteiger partial charge in [0.2, 0.25) is 0 Å². The molecule has 0 atom stereocenters. The van der Waals surface area contributed by atoms with E-state index in [2.05, 4.69) is 31.0 Å². The van der Waals surface area contributed by atoms with Crippen molar-refractivity contribution in [3.63, 3.8) is 0 Å². The summed E-state index contributed by atoms with van der Waals surface area (Å²) in [4.78, 5) is 0. The second-order valence-corrected chi connectivity index (χ2v) is 4.87. The summed E-state index contributed by atoms with van der Waals surface area (Å²) in [5, 5.41) is 3.55. The Morgan fingerprint density at radius 2 is 2.05 bits per heavy atom. The van der Waals surface area contributed by atoms with Gasteiger partial charge in [-0.15, -0.1) is 0 Å². The number of hydrogen-bond donors (Lipinski definition) is 1. The highest BCUT2D eigenvalue weighted by atomic mass is 16.5. The molecule has 104 valence electrons. The molecule has 19 heavy (non-hydrogen) atoms. The van der Waals surface area contributed by atoms with Crippen LogP contribution < -0.4 is 10.1 Å². The lowest BCUT2D eigenvalue weighted by Gasteiger charge is -2.35. The van der Waals surface area contributed by atoms with Crippen molar-refractivity contribution in [3.8, 4) is 5.75 Å². The molecule has 1 aromatic rings. The molecule has 1 N–H and O–H groups in total. The molecule has 1 aromatic carbocycles. The van der Waals surface area contributed by atoms with Gasteiger partial charge in [-0.3, -0.25) is 0 Å². The van der Waals surface area contributed by atoms with Crippen molar-refractivity contribution in [3.05, 3.63) is 42.5 Å². The minimum atomic E-state index is 0.470. The largest absolute Gasteiger partial charge is 0.490 e. The van der Waals surface area contributed by atoms with E-state index in [9.17, 15) is 0 Å². The molecule has 0 radical (unpaired) electrons. The van der Waals surface area contributed by atoms with Crippen LogP contribution in [0.5, 0.6) is 5.75 Å². The monoisotopic (exact) mass is 261 g/mol. The molecule has 1 fully saturated rings. The Bertz CT molecular complexity index is 382. The van der Waals surface area contributed by atoms with E-state index in [0.29, 0.717) is 18.8 Å². The lowest BCUT2D eigenvalue weighted by atomic mass is 9.89. The molecular weight excluding hydrogens is 238 g/mol. The molecule has 0 saturated heterocycles. The SMILES string of the molecule is C=CCOc1ccc(CNC2CC(OCC)C2)cc1. The van der Waals surface area contributed by atoms with Crippen LogP contribution in [0.3, 0.4) is 0 Å². The fourth-order valence-corrected chi connectivity index (χ4v) is 2.22. The van der Waals surface area contributed by atoms with Gasteiger partial charge in [0, 0.05) is 19.2 Å². The van der Waals surface area contributed by atoms with Crippen molar-refractivity contribution >= 4 is 0 Å². The number of ether oxygens (including phenoxy) is 2. The first kappa shape index (κ1) is 14.1. The molecule has 1 aliphatic rings. The summed E-state index contributed by atoms with van der Waals surface area (Å²) >= 11 is 0. The van der Waals surface area contributed by atoms with Crippen LogP contribution >= 0.6 is 0 Å². The zero-order valence-corrected chi connectivity index (χ0v) is 11.6. The van der Waals surface area contributed by atoms with Gasteiger partial charge < -0.3 is 14.8 Å². The standard InChI is InChI=1S/C16H23NO2/c1-3-9-19-15-7-5-13(6-8-15)12-17-14-10-16(11-14)18-4-2/h3,5-8,14,16-17H,1,4,9-12H2,2H3. The predicted molar refractivity (Wildman–Crippen MR) is 77.4 cm³/mol. The Balaban J connectivity index is 1.67. The van der Waals surface area contributed by atoms with E-state index in [1.165, 1.54) is 5.56 Å². The topological polar surface area (TPSA) is 30.5 Å². The maximum absolute atomic E-state index is 5.55. The molecule has 0 aromatic heterocycles. The van der Waals surface area contributed by atoms with Crippen molar-refractivity contribution in [1.29, 1.82) is 0 Å². The van der Waals surface area contributed by atoms with Crippen LogP contribution in [0.25, 0.3) is 0 Å². The van der Waals surface area contributed by atoms with Crippen molar-refractivity contribution in [2.24, 2.45) is 0 Å². The second kappa shape index (κ2) is 7.31. The van der Waals surface area contributed by atoms with E-state index < -0.39 is 0 Å². The zero-order chi connectivity index (χ0) is 13.5. The van der Waals surface area contributed by atoms with Gasteiger partial charge in [-0.25, -0.2) is 0 Å². The molecule has 3 heteroatoms. The Kier molecular flexibility index (Phi) is 5.43. The molecule has 3 nitrogen and oxygen atoms in total. The van der Waals surface area contributed by atoms with Gasteiger partial charge in [0.15, 0.2) is 0 Å². The summed E-state index contributed by atoms with van der Waals surface area (Å²) in [7, 11) is 0. The van der Waals surface area contributed by atoms with Gasteiger partial charge in [-0.1, -0.05) is 24.8 Å². The summed E-state index contributed by atoms with van der Waals surface area (Å²) in [6, 6.07) is 8.82. The number of hydrogen-bond acceptors (Lipinski definition) is 3. The van der Waals surface area contributed by atoms with Gasteiger partial charge >= 0.3 is 0 Å². The first-order valence-electron chi connectivity index (χ1n) is 6.99. The third-order valence-electron chi connectivity index (χ3n) is 3.38. The summed E-state index contributed by atoms with van der Waals surface area (Å²) < 4.78 is 11.0. The third-order valence-corrected chi connectivity index (χ3v) is 3.38. The van der Waals surface area contributed by atoms with Gasteiger partial charge in [0.05, 0.1) is 6.10 Å². The van der Waals surface area contributed by atoms with E-state index in [-0.39, 0.29) is 0 Å². The maximum atomic E-state index is 5.55. The van der Waals surface area contributed by atoms with Crippen molar-refractivity contribution in [2.75, 3.05) is 13.2 Å². The van der Waals surface area contributed by atoms with E-state index in [1.807, 2.05) is 12.1 Å². The van der Waals surface area contributed by atoms with Crippen LogP contribution in [-0.2, 0) is 11.3 Å². The molecule has 0 bridgehead atoms. The smallest absolute Gasteiger partial charge is 0.119 e. The molecule has 2 rings (SSSR count). The normalized spacial score (nSPS) is 21.7. The number of rotatable bonds is 8. The molecule has 0 spiro atoms. The molecule has 0 heterocycles. The van der Waals surface area contributed by atoms with Gasteiger partial charge in [-0.2, -0.15) is 0 Å². The summed E-state index contributed by atoms with van der Waals surface area (Å²) in [5.74, 6) is 0.892. The minimum absolute atomic E-state index is 0.470. The van der Waals surface area contributed by atoms with E-state index >= 15 is 0 Å². The molecule has 1 aliphatic carbocycles. The lowest BCUT2D eigenvalue weighted by Crippen LogP contribution is -2.45. The van der Waals surface area contributed by atoms with Crippen LogP contribution in [0.2, 0.25) is 0 Å².